The minimum atomic E-state index is -1.18. The number of piperidine rings is 1. The number of nitrogens with one attached hydrogen (secondary N) is 3. The molecule has 2 aromatic rings. The lowest BCUT2D eigenvalue weighted by atomic mass is 9.91. The Morgan fingerprint density at radius 1 is 0.806 bits per heavy atom. The van der Waals surface area contributed by atoms with Crippen LogP contribution in [0, 0.1) is 17.8 Å². The van der Waals surface area contributed by atoms with E-state index in [1.165, 1.54) is 7.05 Å². The number of benzene rings is 2. The number of imide groups is 2. The number of Topliss-reactive ketones (excluding diaryl/α,β-unsaturated/α-hetero) is 3. The maximum Gasteiger partial charge on any atom is 0.306 e. The minimum absolute atomic E-state index is 0.00942. The van der Waals surface area contributed by atoms with Crippen LogP contribution >= 0.6 is 0 Å². The fourth-order valence-electron chi connectivity index (χ4n) is 9.22. The molecule has 1 unspecified atom stereocenters. The van der Waals surface area contributed by atoms with Crippen molar-refractivity contribution in [2.24, 2.45) is 17.8 Å². The van der Waals surface area contributed by atoms with Gasteiger partial charge in [0.25, 0.3) is 23.6 Å². The number of esters is 1. The molecule has 3 fully saturated rings. The SMILES string of the molecule is CC(C)C[C@H](CC(=O)OCc1ccc(CC(=O)CCC(=O)NCCOCCOCCCc2cccc3c2C(=O)N(C2CCC(=O)N(C)C2=O)C3=O)cc1)C(=O)N[C@@H](C[C@@H]1CCCC1=O)C(=O)C(=O)NC1CC1. The van der Waals surface area contributed by atoms with E-state index in [2.05, 4.69) is 16.0 Å². The average molecular weight is 998 g/mol. The van der Waals surface area contributed by atoms with Gasteiger partial charge in [0.05, 0.1) is 43.4 Å². The lowest BCUT2D eigenvalue weighted by molar-refractivity contribution is -0.150. The summed E-state index contributed by atoms with van der Waals surface area (Å²) in [5.74, 6) is -6.38. The van der Waals surface area contributed by atoms with E-state index in [0.717, 1.165) is 28.2 Å². The number of ether oxygens (including phenoxy) is 3. The molecule has 0 radical (unpaired) electrons. The number of carbonyl (C=O) groups excluding carboxylic acids is 11. The molecule has 2 saturated carbocycles. The third-order valence-corrected chi connectivity index (χ3v) is 13.4. The highest BCUT2D eigenvalue weighted by atomic mass is 16.5. The smallest absolute Gasteiger partial charge is 0.306 e. The third kappa shape index (κ3) is 15.5. The number of likely N-dealkylation sites (tertiary alicyclic amines) is 1. The zero-order chi connectivity index (χ0) is 51.9. The number of hydrogen-bond acceptors (Lipinski definition) is 14. The van der Waals surface area contributed by atoms with E-state index in [1.807, 2.05) is 13.8 Å². The van der Waals surface area contributed by atoms with Crippen molar-refractivity contribution in [1.82, 2.24) is 25.8 Å². The average Bonchev–Trinajstić information content (AvgIpc) is 4.02. The van der Waals surface area contributed by atoms with Crippen LogP contribution in [-0.4, -0.2) is 133 Å². The standard InChI is InChI=1S/C53H67N5O14/c1-32(2)27-37(49(65)56-41(29-36-8-5-11-43(36)60)48(64)50(66)55-38-16-17-38)30-46(63)72-31-34-14-12-33(13-15-34)28-39(59)18-20-44(61)54-22-24-71-26-25-70-23-6-9-35-7-4-10-40-47(35)53(69)58(51(40)67)42-19-21-45(62)57(3)52(42)68/h4,7,10,12-15,32,36-38,41-42H,5-6,8-9,11,16-31H2,1-3H3,(H,54,61)(H,55,66)(H,56,65)/t36-,37+,41-,42?/m0/s1. The summed E-state index contributed by atoms with van der Waals surface area (Å²) >= 11 is 0. The van der Waals surface area contributed by atoms with E-state index in [1.54, 1.807) is 42.5 Å². The molecule has 72 heavy (non-hydrogen) atoms. The maximum absolute atomic E-state index is 13.6. The Kier molecular flexibility index (Phi) is 20.0. The van der Waals surface area contributed by atoms with Crippen LogP contribution in [0.2, 0.25) is 0 Å². The van der Waals surface area contributed by atoms with Crippen molar-refractivity contribution in [2.75, 3.05) is 40.0 Å². The molecular weight excluding hydrogens is 931 g/mol. The highest BCUT2D eigenvalue weighted by molar-refractivity contribution is 6.38. The predicted molar refractivity (Wildman–Crippen MR) is 258 cm³/mol. The Morgan fingerprint density at radius 2 is 1.53 bits per heavy atom. The molecule has 0 aromatic heterocycles. The maximum atomic E-state index is 13.6. The normalized spacial score (nSPS) is 18.5. The van der Waals surface area contributed by atoms with Gasteiger partial charge in [-0.05, 0) is 86.5 Å². The fraction of sp³-hybridized carbons (Fsp3) is 0.566. The van der Waals surface area contributed by atoms with Crippen molar-refractivity contribution in [3.05, 3.63) is 70.3 Å². The van der Waals surface area contributed by atoms with Gasteiger partial charge in [-0.25, -0.2) is 0 Å². The Labute approximate surface area is 419 Å². The zero-order valence-electron chi connectivity index (χ0n) is 41.5. The number of amides is 7. The van der Waals surface area contributed by atoms with Gasteiger partial charge in [0.1, 0.15) is 24.2 Å². The molecule has 3 N–H and O–H groups in total. The van der Waals surface area contributed by atoms with Crippen molar-refractivity contribution in [1.29, 1.82) is 0 Å². The third-order valence-electron chi connectivity index (χ3n) is 13.4. The van der Waals surface area contributed by atoms with Crippen molar-refractivity contribution < 1.29 is 67.0 Å². The molecule has 2 aliphatic carbocycles. The summed E-state index contributed by atoms with van der Waals surface area (Å²) in [5, 5.41) is 8.11. The zero-order valence-corrected chi connectivity index (χ0v) is 41.5. The second-order valence-electron chi connectivity index (χ2n) is 19.5. The first kappa shape index (κ1) is 54.9. The minimum Gasteiger partial charge on any atom is -0.461 e. The molecule has 4 atom stereocenters. The summed E-state index contributed by atoms with van der Waals surface area (Å²) in [6, 6.07) is 9.72. The van der Waals surface area contributed by atoms with Gasteiger partial charge in [0.15, 0.2) is 0 Å². The summed E-state index contributed by atoms with van der Waals surface area (Å²) in [6.07, 6.45) is 4.71. The van der Waals surface area contributed by atoms with Gasteiger partial charge in [-0.3, -0.25) is 62.5 Å². The summed E-state index contributed by atoms with van der Waals surface area (Å²) in [5.41, 5.74) is 2.58. The number of fused-ring (bicyclic) bond motifs is 1. The molecule has 19 heteroatoms. The van der Waals surface area contributed by atoms with Crippen LogP contribution in [-0.2, 0) is 76.8 Å². The Bertz CT molecular complexity index is 2380. The molecule has 4 aliphatic rings. The molecule has 0 spiro atoms. The summed E-state index contributed by atoms with van der Waals surface area (Å²) in [6.45, 7) is 5.16. The summed E-state index contributed by atoms with van der Waals surface area (Å²) in [7, 11) is 1.35. The van der Waals surface area contributed by atoms with Crippen LogP contribution in [0.5, 0.6) is 0 Å². The fourth-order valence-corrected chi connectivity index (χ4v) is 9.22. The quantitative estimate of drug-likeness (QED) is 0.0458. The Morgan fingerprint density at radius 3 is 2.22 bits per heavy atom. The molecule has 6 rings (SSSR count). The number of aryl methyl sites for hydroxylation is 1. The van der Waals surface area contributed by atoms with Crippen molar-refractivity contribution in [3.63, 3.8) is 0 Å². The van der Waals surface area contributed by atoms with Gasteiger partial charge in [0, 0.05) is 70.2 Å². The highest BCUT2D eigenvalue weighted by Crippen LogP contribution is 2.32. The lowest BCUT2D eigenvalue weighted by Crippen LogP contribution is -2.54. The van der Waals surface area contributed by atoms with Gasteiger partial charge in [-0.15, -0.1) is 0 Å². The second-order valence-corrected chi connectivity index (χ2v) is 19.5. The lowest BCUT2D eigenvalue weighted by Gasteiger charge is -2.32. The van der Waals surface area contributed by atoms with Crippen molar-refractivity contribution >= 4 is 64.7 Å². The number of nitrogens with zero attached hydrogens (tertiary/aromatic N) is 2. The van der Waals surface area contributed by atoms with Crippen LogP contribution in [0.15, 0.2) is 42.5 Å². The van der Waals surface area contributed by atoms with Crippen LogP contribution in [0.3, 0.4) is 0 Å². The Hall–Kier alpha value is -6.47. The van der Waals surface area contributed by atoms with E-state index in [-0.39, 0.29) is 118 Å². The van der Waals surface area contributed by atoms with Crippen LogP contribution in [0.1, 0.15) is 135 Å². The van der Waals surface area contributed by atoms with Crippen LogP contribution in [0.4, 0.5) is 0 Å². The van der Waals surface area contributed by atoms with E-state index in [0.29, 0.717) is 62.9 Å². The predicted octanol–water partition coefficient (Wildman–Crippen LogP) is 3.29. The largest absolute Gasteiger partial charge is 0.461 e. The molecule has 1 saturated heterocycles. The van der Waals surface area contributed by atoms with E-state index in [9.17, 15) is 52.7 Å². The molecular formula is C53H67N5O14. The van der Waals surface area contributed by atoms with Gasteiger partial charge in [-0.1, -0.05) is 50.2 Å². The van der Waals surface area contributed by atoms with Gasteiger partial charge in [-0.2, -0.15) is 0 Å². The molecule has 0 bridgehead atoms. The molecule has 2 aliphatic heterocycles. The molecule has 7 amide bonds. The molecule has 2 aromatic carbocycles. The van der Waals surface area contributed by atoms with Crippen LogP contribution < -0.4 is 16.0 Å². The Balaban J connectivity index is 0.817. The number of hydrogen-bond donors (Lipinski definition) is 3. The second kappa shape index (κ2) is 26.3. The van der Waals surface area contributed by atoms with E-state index in [4.69, 9.17) is 14.2 Å². The van der Waals surface area contributed by atoms with Gasteiger partial charge >= 0.3 is 5.97 Å². The number of rotatable bonds is 29. The molecule has 2 heterocycles. The number of likely N-dealkylation sites (N-methyl/N-ethyl adjacent to an activating group) is 1. The van der Waals surface area contributed by atoms with Crippen LogP contribution in [0.25, 0.3) is 0 Å². The van der Waals surface area contributed by atoms with Crippen molar-refractivity contribution in [3.8, 4) is 0 Å². The van der Waals surface area contributed by atoms with Gasteiger partial charge < -0.3 is 30.2 Å². The number of ketones is 3. The summed E-state index contributed by atoms with van der Waals surface area (Å²) < 4.78 is 16.7. The van der Waals surface area contributed by atoms with E-state index < -0.39 is 65.2 Å². The summed E-state index contributed by atoms with van der Waals surface area (Å²) in [4.78, 5) is 143. The van der Waals surface area contributed by atoms with Crippen molar-refractivity contribution in [2.45, 2.75) is 135 Å². The highest BCUT2D eigenvalue weighted by Gasteiger charge is 2.47. The van der Waals surface area contributed by atoms with E-state index >= 15 is 0 Å². The molecule has 388 valence electrons. The first-order valence-electron chi connectivity index (χ1n) is 25.2. The monoisotopic (exact) mass is 997 g/mol. The molecule has 19 nitrogen and oxygen atoms in total. The first-order valence-corrected chi connectivity index (χ1v) is 25.2. The topological polar surface area (TPSA) is 258 Å². The number of carbonyl (C=O) groups is 11. The van der Waals surface area contributed by atoms with Gasteiger partial charge in [0.2, 0.25) is 23.5 Å². The first-order chi connectivity index (χ1) is 34.5.